The maximum atomic E-state index is 11.3. The van der Waals surface area contributed by atoms with Crippen LogP contribution in [0.3, 0.4) is 0 Å². The summed E-state index contributed by atoms with van der Waals surface area (Å²) in [4.78, 5) is 12.8. The molecule has 0 atom stereocenters. The van der Waals surface area contributed by atoms with Crippen molar-refractivity contribution in [3.05, 3.63) is 36.2 Å². The van der Waals surface area contributed by atoms with Gasteiger partial charge < -0.3 is 4.74 Å². The fourth-order valence-corrected chi connectivity index (χ4v) is 0.990. The molecule has 0 N–H and O–H groups in total. The van der Waals surface area contributed by atoms with Gasteiger partial charge >= 0.3 is 6.09 Å². The summed E-state index contributed by atoms with van der Waals surface area (Å²) in [6.07, 6.45) is 8.75. The second-order valence-electron chi connectivity index (χ2n) is 2.60. The normalized spacial score (nSPS) is 15.2. The molecule has 0 saturated carbocycles. The molecule has 0 bridgehead atoms. The van der Waals surface area contributed by atoms with E-state index < -0.39 is 0 Å². The number of carbonyl (C=O) groups excluding carboxylic acids is 1. The first kappa shape index (κ1) is 9.58. The second-order valence-corrected chi connectivity index (χ2v) is 2.60. The van der Waals surface area contributed by atoms with Crippen LogP contribution in [0, 0.1) is 0 Å². The molecule has 1 aliphatic heterocycles. The molecule has 0 unspecified atom stereocenters. The Morgan fingerprint density at radius 3 is 2.92 bits per heavy atom. The number of rotatable bonds is 1. The highest BCUT2D eigenvalue weighted by atomic mass is 16.6. The molecule has 1 amide bonds. The van der Waals surface area contributed by atoms with Crippen LogP contribution in [0.15, 0.2) is 36.2 Å². The zero-order valence-electron chi connectivity index (χ0n) is 7.86. The lowest BCUT2D eigenvalue weighted by molar-refractivity contribution is 0.130. The van der Waals surface area contributed by atoms with Crippen LogP contribution in [0.1, 0.15) is 13.8 Å². The predicted molar refractivity (Wildman–Crippen MR) is 50.9 cm³/mol. The summed E-state index contributed by atoms with van der Waals surface area (Å²) in [7, 11) is 0. The summed E-state index contributed by atoms with van der Waals surface area (Å²) in [5.74, 6) is 0. The first-order valence-electron chi connectivity index (χ1n) is 4.23. The third-order valence-electron chi connectivity index (χ3n) is 1.64. The largest absolute Gasteiger partial charge is 0.449 e. The van der Waals surface area contributed by atoms with E-state index in [9.17, 15) is 4.79 Å². The van der Waals surface area contributed by atoms with E-state index >= 15 is 0 Å². The Kier molecular flexibility index (Phi) is 3.31. The van der Waals surface area contributed by atoms with E-state index in [1.165, 1.54) is 4.90 Å². The molecule has 13 heavy (non-hydrogen) atoms. The topological polar surface area (TPSA) is 29.5 Å². The molecule has 0 aromatic heterocycles. The minimum Gasteiger partial charge on any atom is -0.449 e. The van der Waals surface area contributed by atoms with Crippen LogP contribution in [0.2, 0.25) is 0 Å². The van der Waals surface area contributed by atoms with Crippen molar-refractivity contribution in [2.45, 2.75) is 13.8 Å². The molecule has 3 nitrogen and oxygen atoms in total. The Hall–Kier alpha value is -1.51. The van der Waals surface area contributed by atoms with E-state index in [0.717, 1.165) is 5.70 Å². The van der Waals surface area contributed by atoms with Gasteiger partial charge in [0.1, 0.15) is 0 Å². The lowest BCUT2D eigenvalue weighted by Gasteiger charge is -2.16. The standard InChI is InChI=1S/C10H13NO2/c1-3-13-10(12)11-8-6-4-5-7-9(11)2/h4-8H,3H2,1-2H3. The number of hydrogen-bond acceptors (Lipinski definition) is 2. The molecular formula is C10H13NO2. The molecule has 3 heteroatoms. The number of carbonyl (C=O) groups is 1. The average Bonchev–Trinajstić information content (AvgIpc) is 2.30. The van der Waals surface area contributed by atoms with Gasteiger partial charge in [0.15, 0.2) is 0 Å². The number of amides is 1. The van der Waals surface area contributed by atoms with Gasteiger partial charge in [-0.3, -0.25) is 4.90 Å². The zero-order chi connectivity index (χ0) is 9.68. The second kappa shape index (κ2) is 4.50. The molecule has 1 heterocycles. The van der Waals surface area contributed by atoms with Crippen molar-refractivity contribution in [2.24, 2.45) is 0 Å². The van der Waals surface area contributed by atoms with Crippen LogP contribution in [-0.2, 0) is 4.74 Å². The Labute approximate surface area is 78.0 Å². The lowest BCUT2D eigenvalue weighted by atomic mass is 10.4. The van der Waals surface area contributed by atoms with Gasteiger partial charge in [0.2, 0.25) is 0 Å². The number of nitrogens with zero attached hydrogens (tertiary/aromatic N) is 1. The van der Waals surface area contributed by atoms with Gasteiger partial charge in [-0.2, -0.15) is 0 Å². The van der Waals surface area contributed by atoms with Gasteiger partial charge in [-0.15, -0.1) is 0 Å². The van der Waals surface area contributed by atoms with E-state index in [-0.39, 0.29) is 6.09 Å². The fraction of sp³-hybridized carbons (Fsp3) is 0.300. The Bertz CT molecular complexity index is 277. The van der Waals surface area contributed by atoms with Crippen molar-refractivity contribution in [3.8, 4) is 0 Å². The molecule has 0 aliphatic carbocycles. The molecule has 1 rings (SSSR count). The average molecular weight is 179 g/mol. The SMILES string of the molecule is CCOC(=O)N1C=CC=CC=C1C. The molecule has 0 aromatic carbocycles. The van der Waals surface area contributed by atoms with Crippen LogP contribution < -0.4 is 0 Å². The van der Waals surface area contributed by atoms with Gasteiger partial charge in [0, 0.05) is 11.9 Å². The molecule has 0 aromatic rings. The monoisotopic (exact) mass is 179 g/mol. The van der Waals surface area contributed by atoms with E-state index in [4.69, 9.17) is 4.74 Å². The van der Waals surface area contributed by atoms with Crippen molar-refractivity contribution in [1.29, 1.82) is 0 Å². The predicted octanol–water partition coefficient (Wildman–Crippen LogP) is 2.43. The molecule has 0 radical (unpaired) electrons. The molecular weight excluding hydrogens is 166 g/mol. The van der Waals surface area contributed by atoms with Gasteiger partial charge in [0.05, 0.1) is 6.61 Å². The van der Waals surface area contributed by atoms with Crippen molar-refractivity contribution >= 4 is 6.09 Å². The third kappa shape index (κ3) is 2.47. The highest BCUT2D eigenvalue weighted by molar-refractivity contribution is 5.71. The van der Waals surface area contributed by atoms with Gasteiger partial charge in [-0.25, -0.2) is 4.79 Å². The first-order chi connectivity index (χ1) is 6.25. The minimum absolute atomic E-state index is 0.337. The zero-order valence-corrected chi connectivity index (χ0v) is 7.86. The van der Waals surface area contributed by atoms with E-state index in [2.05, 4.69) is 0 Å². The van der Waals surface area contributed by atoms with Crippen molar-refractivity contribution < 1.29 is 9.53 Å². The maximum Gasteiger partial charge on any atom is 0.418 e. The summed E-state index contributed by atoms with van der Waals surface area (Å²) in [6.45, 7) is 4.04. The quantitative estimate of drug-likeness (QED) is 0.618. The summed E-state index contributed by atoms with van der Waals surface area (Å²) >= 11 is 0. The van der Waals surface area contributed by atoms with Crippen LogP contribution in [0.5, 0.6) is 0 Å². The number of allylic oxidation sites excluding steroid dienone is 5. The molecule has 70 valence electrons. The van der Waals surface area contributed by atoms with Crippen LogP contribution >= 0.6 is 0 Å². The van der Waals surface area contributed by atoms with Gasteiger partial charge in [-0.05, 0) is 26.0 Å². The van der Waals surface area contributed by atoms with Crippen LogP contribution in [-0.4, -0.2) is 17.6 Å². The number of hydrogen-bond donors (Lipinski definition) is 0. The molecule has 0 fully saturated rings. The maximum absolute atomic E-state index is 11.3. The van der Waals surface area contributed by atoms with E-state index in [1.54, 1.807) is 19.2 Å². The van der Waals surface area contributed by atoms with E-state index in [0.29, 0.717) is 6.61 Å². The first-order valence-corrected chi connectivity index (χ1v) is 4.23. The van der Waals surface area contributed by atoms with Gasteiger partial charge in [-0.1, -0.05) is 12.2 Å². The minimum atomic E-state index is -0.337. The van der Waals surface area contributed by atoms with Crippen molar-refractivity contribution in [1.82, 2.24) is 4.90 Å². The molecule has 0 saturated heterocycles. The summed E-state index contributed by atoms with van der Waals surface area (Å²) < 4.78 is 4.87. The summed E-state index contributed by atoms with van der Waals surface area (Å²) in [5, 5.41) is 0. The molecule has 0 spiro atoms. The lowest BCUT2D eigenvalue weighted by Crippen LogP contribution is -2.24. The Morgan fingerprint density at radius 2 is 2.23 bits per heavy atom. The van der Waals surface area contributed by atoms with Gasteiger partial charge in [0.25, 0.3) is 0 Å². The summed E-state index contributed by atoms with van der Waals surface area (Å²) in [5.41, 5.74) is 0.850. The van der Waals surface area contributed by atoms with Crippen molar-refractivity contribution in [3.63, 3.8) is 0 Å². The molecule has 1 aliphatic rings. The highest BCUT2D eigenvalue weighted by Gasteiger charge is 2.12. The summed E-state index contributed by atoms with van der Waals surface area (Å²) in [6, 6.07) is 0. The van der Waals surface area contributed by atoms with Crippen LogP contribution in [0.4, 0.5) is 4.79 Å². The highest BCUT2D eigenvalue weighted by Crippen LogP contribution is 2.09. The Morgan fingerprint density at radius 1 is 1.46 bits per heavy atom. The smallest absolute Gasteiger partial charge is 0.418 e. The Balaban J connectivity index is 2.73. The van der Waals surface area contributed by atoms with Crippen LogP contribution in [0.25, 0.3) is 0 Å². The number of ether oxygens (including phenoxy) is 1. The third-order valence-corrected chi connectivity index (χ3v) is 1.64. The van der Waals surface area contributed by atoms with E-state index in [1.807, 2.05) is 25.2 Å². The van der Waals surface area contributed by atoms with Crippen molar-refractivity contribution in [2.75, 3.05) is 6.61 Å². The fourth-order valence-electron chi connectivity index (χ4n) is 0.990.